The Morgan fingerprint density at radius 2 is 2.15 bits per heavy atom. The van der Waals surface area contributed by atoms with Crippen LogP contribution in [0.4, 0.5) is 0 Å². The molecule has 0 aromatic carbocycles. The number of likely N-dealkylation sites (N-methyl/N-ethyl adjacent to an activating group) is 1. The van der Waals surface area contributed by atoms with Gasteiger partial charge in [-0.25, -0.2) is 4.99 Å². The average molecular weight is 378 g/mol. The highest BCUT2D eigenvalue weighted by Crippen LogP contribution is 2.18. The minimum Gasteiger partial charge on any atom is -0.384 e. The zero-order valence-corrected chi connectivity index (χ0v) is 17.3. The van der Waals surface area contributed by atoms with Crippen molar-refractivity contribution in [3.05, 3.63) is 11.6 Å². The highest BCUT2D eigenvalue weighted by atomic mass is 16.5. The molecular formula is C19H35N7O. The van der Waals surface area contributed by atoms with Crippen molar-refractivity contribution in [3.63, 3.8) is 0 Å². The van der Waals surface area contributed by atoms with Gasteiger partial charge in [-0.15, -0.1) is 10.2 Å². The van der Waals surface area contributed by atoms with Gasteiger partial charge in [0.25, 0.3) is 0 Å². The minimum atomic E-state index is 0.549. The number of guanidine groups is 1. The van der Waals surface area contributed by atoms with E-state index in [4.69, 9.17) is 9.73 Å². The molecule has 2 aliphatic rings. The van der Waals surface area contributed by atoms with E-state index in [1.807, 2.05) is 18.5 Å². The number of aliphatic imine (C=N–C) groups is 1. The monoisotopic (exact) mass is 377 g/mol. The van der Waals surface area contributed by atoms with Gasteiger partial charge in [0.15, 0.2) is 11.8 Å². The number of aromatic nitrogens is 3. The Morgan fingerprint density at radius 1 is 1.30 bits per heavy atom. The van der Waals surface area contributed by atoms with E-state index in [0.29, 0.717) is 18.5 Å². The standard InChI is InChI=1S/C19H35N7O/c1-5-25-9-6-7-17(25)11-20-19(26-10-8-16(13-26)14-27-4)21-12-18-23-22-15(2)24(18)3/h16-17H,5-14H2,1-4H3,(H,20,21). The van der Waals surface area contributed by atoms with Crippen LogP contribution < -0.4 is 5.32 Å². The van der Waals surface area contributed by atoms with Crippen molar-refractivity contribution < 1.29 is 4.74 Å². The molecule has 8 nitrogen and oxygen atoms in total. The number of methoxy groups -OCH3 is 1. The lowest BCUT2D eigenvalue weighted by molar-refractivity contribution is 0.157. The molecule has 2 saturated heterocycles. The second kappa shape index (κ2) is 9.50. The number of hydrogen-bond donors (Lipinski definition) is 1. The van der Waals surface area contributed by atoms with Crippen LogP contribution in [0.25, 0.3) is 0 Å². The fourth-order valence-electron chi connectivity index (χ4n) is 4.15. The molecule has 0 amide bonds. The van der Waals surface area contributed by atoms with Gasteiger partial charge in [0.2, 0.25) is 0 Å². The van der Waals surface area contributed by atoms with E-state index in [-0.39, 0.29) is 0 Å². The topological polar surface area (TPSA) is 70.8 Å². The molecule has 2 atom stereocenters. The van der Waals surface area contributed by atoms with Crippen molar-refractivity contribution in [2.45, 2.75) is 45.7 Å². The average Bonchev–Trinajstić information content (AvgIpc) is 3.38. The smallest absolute Gasteiger partial charge is 0.194 e. The Labute approximate surface area is 163 Å². The number of nitrogens with one attached hydrogen (secondary N) is 1. The Balaban J connectivity index is 1.66. The first-order valence-corrected chi connectivity index (χ1v) is 10.2. The minimum absolute atomic E-state index is 0.549. The fraction of sp³-hybridized carbons (Fsp3) is 0.842. The van der Waals surface area contributed by atoms with Crippen molar-refractivity contribution in [1.82, 2.24) is 29.9 Å². The van der Waals surface area contributed by atoms with Crippen molar-refractivity contribution in [2.24, 2.45) is 18.0 Å². The van der Waals surface area contributed by atoms with Crippen molar-refractivity contribution >= 4 is 5.96 Å². The maximum atomic E-state index is 5.36. The Bertz CT molecular complexity index is 630. The molecule has 0 radical (unpaired) electrons. The van der Waals surface area contributed by atoms with E-state index in [0.717, 1.165) is 56.8 Å². The van der Waals surface area contributed by atoms with Crippen LogP contribution in [0.2, 0.25) is 0 Å². The Kier molecular flexibility index (Phi) is 7.07. The molecule has 2 fully saturated rings. The van der Waals surface area contributed by atoms with Crippen LogP contribution >= 0.6 is 0 Å². The summed E-state index contributed by atoms with van der Waals surface area (Å²) in [6, 6.07) is 0.606. The van der Waals surface area contributed by atoms with E-state index in [2.05, 4.69) is 32.2 Å². The molecule has 152 valence electrons. The first kappa shape index (κ1) is 20.1. The van der Waals surface area contributed by atoms with E-state index in [1.165, 1.54) is 19.4 Å². The summed E-state index contributed by atoms with van der Waals surface area (Å²) in [7, 11) is 3.78. The molecule has 0 saturated carbocycles. The van der Waals surface area contributed by atoms with Gasteiger partial charge in [0.05, 0.1) is 6.61 Å². The van der Waals surface area contributed by atoms with E-state index in [1.54, 1.807) is 7.11 Å². The number of hydrogen-bond acceptors (Lipinski definition) is 5. The largest absolute Gasteiger partial charge is 0.384 e. The first-order valence-electron chi connectivity index (χ1n) is 10.2. The van der Waals surface area contributed by atoms with Crippen LogP contribution in [-0.2, 0) is 18.3 Å². The van der Waals surface area contributed by atoms with E-state index < -0.39 is 0 Å². The zero-order chi connectivity index (χ0) is 19.2. The molecule has 0 aliphatic carbocycles. The molecule has 3 heterocycles. The van der Waals surface area contributed by atoms with Gasteiger partial charge in [0.1, 0.15) is 12.4 Å². The van der Waals surface area contributed by atoms with Gasteiger partial charge in [-0.05, 0) is 39.3 Å². The molecule has 8 heteroatoms. The molecule has 2 aliphatic heterocycles. The van der Waals surface area contributed by atoms with Gasteiger partial charge >= 0.3 is 0 Å². The molecule has 0 spiro atoms. The molecule has 1 aromatic rings. The summed E-state index contributed by atoms with van der Waals surface area (Å²) in [6.07, 6.45) is 3.72. The van der Waals surface area contributed by atoms with Crippen molar-refractivity contribution in [2.75, 3.05) is 46.4 Å². The van der Waals surface area contributed by atoms with Gasteiger partial charge < -0.3 is 19.5 Å². The van der Waals surface area contributed by atoms with Crippen LogP contribution in [0.3, 0.4) is 0 Å². The predicted octanol–water partition coefficient (Wildman–Crippen LogP) is 1.02. The third-order valence-corrected chi connectivity index (χ3v) is 5.94. The van der Waals surface area contributed by atoms with Crippen LogP contribution in [0.15, 0.2) is 4.99 Å². The van der Waals surface area contributed by atoms with E-state index in [9.17, 15) is 0 Å². The first-order chi connectivity index (χ1) is 13.1. The predicted molar refractivity (Wildman–Crippen MR) is 107 cm³/mol. The van der Waals surface area contributed by atoms with Gasteiger partial charge in [-0.2, -0.15) is 0 Å². The summed E-state index contributed by atoms with van der Waals surface area (Å²) in [5.41, 5.74) is 0. The van der Waals surface area contributed by atoms with Gasteiger partial charge in [-0.1, -0.05) is 6.92 Å². The Morgan fingerprint density at radius 3 is 2.85 bits per heavy atom. The second-order valence-electron chi connectivity index (χ2n) is 7.72. The summed E-state index contributed by atoms with van der Waals surface area (Å²) < 4.78 is 7.36. The molecular weight excluding hydrogens is 342 g/mol. The van der Waals surface area contributed by atoms with E-state index >= 15 is 0 Å². The molecule has 0 bridgehead atoms. The molecule has 1 N–H and O–H groups in total. The van der Waals surface area contributed by atoms with Crippen LogP contribution in [0.5, 0.6) is 0 Å². The van der Waals surface area contributed by atoms with Crippen LogP contribution in [-0.4, -0.2) is 83.0 Å². The summed E-state index contributed by atoms with van der Waals surface area (Å²) in [5, 5.41) is 12.1. The number of ether oxygens (including phenoxy) is 1. The van der Waals surface area contributed by atoms with Crippen LogP contribution in [0, 0.1) is 12.8 Å². The summed E-state index contributed by atoms with van der Waals surface area (Å²) in [4.78, 5) is 9.84. The summed E-state index contributed by atoms with van der Waals surface area (Å²) in [5.74, 6) is 3.39. The molecule has 1 aromatic heterocycles. The lowest BCUT2D eigenvalue weighted by Crippen LogP contribution is -2.46. The highest BCUT2D eigenvalue weighted by Gasteiger charge is 2.27. The lowest BCUT2D eigenvalue weighted by atomic mass is 10.1. The van der Waals surface area contributed by atoms with Crippen LogP contribution in [0.1, 0.15) is 37.8 Å². The van der Waals surface area contributed by atoms with Crippen molar-refractivity contribution in [3.8, 4) is 0 Å². The normalized spacial score (nSPS) is 24.1. The second-order valence-corrected chi connectivity index (χ2v) is 7.72. The number of aryl methyl sites for hydroxylation is 1. The Hall–Kier alpha value is -1.67. The van der Waals surface area contributed by atoms with Gasteiger partial charge in [0, 0.05) is 45.8 Å². The zero-order valence-electron chi connectivity index (χ0n) is 17.3. The summed E-state index contributed by atoms with van der Waals surface area (Å²) >= 11 is 0. The summed E-state index contributed by atoms with van der Waals surface area (Å²) in [6.45, 7) is 10.9. The third kappa shape index (κ3) is 4.99. The third-order valence-electron chi connectivity index (χ3n) is 5.94. The quantitative estimate of drug-likeness (QED) is 0.565. The molecule has 27 heavy (non-hydrogen) atoms. The number of rotatable bonds is 7. The number of likely N-dealkylation sites (tertiary alicyclic amines) is 2. The maximum absolute atomic E-state index is 5.36. The highest BCUT2D eigenvalue weighted by molar-refractivity contribution is 5.80. The fourth-order valence-corrected chi connectivity index (χ4v) is 4.15. The maximum Gasteiger partial charge on any atom is 0.194 e. The number of nitrogens with zero attached hydrogens (tertiary/aromatic N) is 6. The molecule has 3 rings (SSSR count). The SMILES string of the molecule is CCN1CCCC1CNC(=NCc1nnc(C)n1C)N1CCC(COC)C1. The van der Waals surface area contributed by atoms with Gasteiger partial charge in [-0.3, -0.25) is 4.90 Å². The molecule has 2 unspecified atom stereocenters. The lowest BCUT2D eigenvalue weighted by Gasteiger charge is -2.27. The van der Waals surface area contributed by atoms with Crippen molar-refractivity contribution in [1.29, 1.82) is 0 Å².